The summed E-state index contributed by atoms with van der Waals surface area (Å²) in [5.41, 5.74) is 6.10. The predicted molar refractivity (Wildman–Crippen MR) is 63.8 cm³/mol. The van der Waals surface area contributed by atoms with Crippen LogP contribution in [0.15, 0.2) is 35.4 Å². The molecular formula is C11H14N4O2. The number of aromatic nitrogens is 3. The molecule has 1 aromatic heterocycles. The first-order valence-corrected chi connectivity index (χ1v) is 5.23. The average Bonchev–Trinajstić information content (AvgIpc) is 2.64. The molecule has 2 rings (SSSR count). The first-order chi connectivity index (χ1) is 8.16. The second-order valence-corrected chi connectivity index (χ2v) is 3.67. The van der Waals surface area contributed by atoms with Gasteiger partial charge < -0.3 is 10.5 Å². The number of aryl methyl sites for hydroxylation is 1. The van der Waals surface area contributed by atoms with E-state index in [2.05, 4.69) is 5.10 Å². The number of anilines is 1. The molecule has 6 nitrogen and oxygen atoms in total. The van der Waals surface area contributed by atoms with Gasteiger partial charge in [0.15, 0.2) is 0 Å². The van der Waals surface area contributed by atoms with Crippen LogP contribution in [-0.2, 0) is 13.6 Å². The molecule has 0 atom stereocenters. The van der Waals surface area contributed by atoms with Crippen LogP contribution in [0.25, 0.3) is 0 Å². The van der Waals surface area contributed by atoms with E-state index in [1.54, 1.807) is 31.3 Å². The number of rotatable bonds is 4. The van der Waals surface area contributed by atoms with Crippen LogP contribution >= 0.6 is 0 Å². The number of ether oxygens (including phenoxy) is 1. The van der Waals surface area contributed by atoms with Gasteiger partial charge in [0.25, 0.3) is 0 Å². The van der Waals surface area contributed by atoms with E-state index in [1.165, 1.54) is 15.6 Å². The Morgan fingerprint density at radius 1 is 1.35 bits per heavy atom. The van der Waals surface area contributed by atoms with Crippen LogP contribution in [-0.4, -0.2) is 21.0 Å². The molecular weight excluding hydrogens is 220 g/mol. The molecule has 0 aliphatic carbocycles. The lowest BCUT2D eigenvalue weighted by Gasteiger charge is -2.05. The summed E-state index contributed by atoms with van der Waals surface area (Å²) in [5, 5.41) is 3.93. The van der Waals surface area contributed by atoms with Crippen LogP contribution in [0.2, 0.25) is 0 Å². The van der Waals surface area contributed by atoms with Gasteiger partial charge in [-0.25, -0.2) is 9.48 Å². The van der Waals surface area contributed by atoms with Crippen molar-refractivity contribution in [2.24, 2.45) is 7.05 Å². The van der Waals surface area contributed by atoms with E-state index in [-0.39, 0.29) is 5.69 Å². The van der Waals surface area contributed by atoms with Gasteiger partial charge in [0, 0.05) is 12.7 Å². The van der Waals surface area contributed by atoms with E-state index in [9.17, 15) is 4.79 Å². The molecule has 0 aliphatic rings. The van der Waals surface area contributed by atoms with Crippen LogP contribution in [0.1, 0.15) is 0 Å². The summed E-state index contributed by atoms with van der Waals surface area (Å²) in [7, 11) is 1.66. The summed E-state index contributed by atoms with van der Waals surface area (Å²) < 4.78 is 8.24. The van der Waals surface area contributed by atoms with Gasteiger partial charge in [-0.2, -0.15) is 5.10 Å². The Kier molecular flexibility index (Phi) is 3.13. The zero-order chi connectivity index (χ0) is 12.3. The van der Waals surface area contributed by atoms with Gasteiger partial charge in [-0.1, -0.05) is 0 Å². The maximum atomic E-state index is 11.4. The first-order valence-electron chi connectivity index (χ1n) is 5.23. The number of nitrogen functional groups attached to an aromatic ring is 1. The highest BCUT2D eigenvalue weighted by Crippen LogP contribution is 2.12. The Balaban J connectivity index is 1.90. The molecule has 1 heterocycles. The third kappa shape index (κ3) is 2.66. The minimum absolute atomic E-state index is 0.147. The van der Waals surface area contributed by atoms with Crippen molar-refractivity contribution in [3.05, 3.63) is 41.1 Å². The molecule has 0 fully saturated rings. The highest BCUT2D eigenvalue weighted by molar-refractivity contribution is 5.41. The minimum Gasteiger partial charge on any atom is -0.492 e. The van der Waals surface area contributed by atoms with Crippen LogP contribution in [0.3, 0.4) is 0 Å². The normalized spacial score (nSPS) is 10.4. The van der Waals surface area contributed by atoms with E-state index in [0.29, 0.717) is 18.8 Å². The minimum atomic E-state index is -0.147. The first kappa shape index (κ1) is 11.3. The molecule has 0 bridgehead atoms. The van der Waals surface area contributed by atoms with Gasteiger partial charge in [-0.05, 0) is 24.3 Å². The molecule has 0 amide bonds. The summed E-state index contributed by atoms with van der Waals surface area (Å²) in [6.45, 7) is 0.810. The standard InChI is InChI=1S/C11H14N4O2/c1-14-8-13-15(11(14)16)6-7-17-10-4-2-9(12)3-5-10/h2-5,8H,6-7,12H2,1H3. The Hall–Kier alpha value is -2.24. The molecule has 0 unspecified atom stereocenters. The molecule has 0 aliphatic heterocycles. The SMILES string of the molecule is Cn1cnn(CCOc2ccc(N)cc2)c1=O. The smallest absolute Gasteiger partial charge is 0.345 e. The number of nitrogens with zero attached hydrogens (tertiary/aromatic N) is 3. The van der Waals surface area contributed by atoms with Gasteiger partial charge in [-0.3, -0.25) is 4.57 Å². The van der Waals surface area contributed by atoms with E-state index >= 15 is 0 Å². The third-order valence-corrected chi connectivity index (χ3v) is 2.34. The maximum Gasteiger partial charge on any atom is 0.345 e. The fourth-order valence-corrected chi connectivity index (χ4v) is 1.39. The van der Waals surface area contributed by atoms with Crippen molar-refractivity contribution in [2.75, 3.05) is 12.3 Å². The summed E-state index contributed by atoms with van der Waals surface area (Å²) in [5.74, 6) is 0.725. The Morgan fingerprint density at radius 3 is 2.65 bits per heavy atom. The lowest BCUT2D eigenvalue weighted by Crippen LogP contribution is -2.25. The lowest BCUT2D eigenvalue weighted by atomic mass is 10.3. The fraction of sp³-hybridized carbons (Fsp3) is 0.273. The molecule has 2 N–H and O–H groups in total. The number of hydrogen-bond acceptors (Lipinski definition) is 4. The van der Waals surface area contributed by atoms with Crippen molar-refractivity contribution in [1.82, 2.24) is 14.3 Å². The van der Waals surface area contributed by atoms with Crippen molar-refractivity contribution in [2.45, 2.75) is 6.54 Å². The van der Waals surface area contributed by atoms with Gasteiger partial charge in [0.1, 0.15) is 18.7 Å². The second-order valence-electron chi connectivity index (χ2n) is 3.67. The van der Waals surface area contributed by atoms with Crippen molar-refractivity contribution >= 4 is 5.69 Å². The van der Waals surface area contributed by atoms with E-state index < -0.39 is 0 Å². The topological polar surface area (TPSA) is 75.1 Å². The second kappa shape index (κ2) is 4.73. The van der Waals surface area contributed by atoms with Crippen LogP contribution in [0.4, 0.5) is 5.69 Å². The third-order valence-electron chi connectivity index (χ3n) is 2.34. The van der Waals surface area contributed by atoms with Crippen molar-refractivity contribution in [1.29, 1.82) is 0 Å². The molecule has 0 spiro atoms. The summed E-state index contributed by atoms with van der Waals surface area (Å²) in [4.78, 5) is 11.4. The van der Waals surface area contributed by atoms with Crippen molar-refractivity contribution < 1.29 is 4.74 Å². The summed E-state index contributed by atoms with van der Waals surface area (Å²) in [6, 6.07) is 7.11. The van der Waals surface area contributed by atoms with Gasteiger partial charge >= 0.3 is 5.69 Å². The van der Waals surface area contributed by atoms with Crippen molar-refractivity contribution in [3.63, 3.8) is 0 Å². The molecule has 6 heteroatoms. The Bertz CT molecular complexity index is 541. The molecule has 17 heavy (non-hydrogen) atoms. The number of benzene rings is 1. The zero-order valence-corrected chi connectivity index (χ0v) is 9.54. The monoisotopic (exact) mass is 234 g/mol. The Morgan fingerprint density at radius 2 is 2.06 bits per heavy atom. The highest BCUT2D eigenvalue weighted by Gasteiger charge is 2.01. The number of nitrogens with two attached hydrogens (primary N) is 1. The predicted octanol–water partition coefficient (Wildman–Crippen LogP) is 0.243. The fourth-order valence-electron chi connectivity index (χ4n) is 1.39. The number of hydrogen-bond donors (Lipinski definition) is 1. The summed E-state index contributed by atoms with van der Waals surface area (Å²) in [6.07, 6.45) is 1.48. The molecule has 2 aromatic rings. The average molecular weight is 234 g/mol. The molecule has 1 aromatic carbocycles. The quantitative estimate of drug-likeness (QED) is 0.769. The molecule has 0 radical (unpaired) electrons. The van der Waals surface area contributed by atoms with Crippen LogP contribution < -0.4 is 16.2 Å². The molecule has 90 valence electrons. The lowest BCUT2D eigenvalue weighted by molar-refractivity contribution is 0.288. The molecule has 0 saturated carbocycles. The van der Waals surface area contributed by atoms with Crippen LogP contribution in [0, 0.1) is 0 Å². The van der Waals surface area contributed by atoms with Gasteiger partial charge in [0.2, 0.25) is 0 Å². The van der Waals surface area contributed by atoms with Gasteiger partial charge in [0.05, 0.1) is 6.54 Å². The largest absolute Gasteiger partial charge is 0.492 e. The van der Waals surface area contributed by atoms with E-state index in [0.717, 1.165) is 5.75 Å². The zero-order valence-electron chi connectivity index (χ0n) is 9.54. The molecule has 0 saturated heterocycles. The Labute approximate surface area is 98.2 Å². The van der Waals surface area contributed by atoms with Gasteiger partial charge in [-0.15, -0.1) is 0 Å². The highest BCUT2D eigenvalue weighted by atomic mass is 16.5. The van der Waals surface area contributed by atoms with E-state index in [1.807, 2.05) is 0 Å². The van der Waals surface area contributed by atoms with Crippen LogP contribution in [0.5, 0.6) is 5.75 Å². The van der Waals surface area contributed by atoms with Crippen molar-refractivity contribution in [3.8, 4) is 5.75 Å². The summed E-state index contributed by atoms with van der Waals surface area (Å²) >= 11 is 0. The maximum absolute atomic E-state index is 11.4. The van der Waals surface area contributed by atoms with E-state index in [4.69, 9.17) is 10.5 Å².